The van der Waals surface area contributed by atoms with Crippen LogP contribution in [0.5, 0.6) is 0 Å². The minimum absolute atomic E-state index is 0.159. The van der Waals surface area contributed by atoms with Gasteiger partial charge in [-0.25, -0.2) is 4.79 Å². The number of esters is 1. The van der Waals surface area contributed by atoms with E-state index in [-0.39, 0.29) is 13.2 Å². The summed E-state index contributed by atoms with van der Waals surface area (Å²) in [5.74, 6) is -0.520. The molecule has 0 radical (unpaired) electrons. The van der Waals surface area contributed by atoms with Crippen LogP contribution in [-0.2, 0) is 20.9 Å². The summed E-state index contributed by atoms with van der Waals surface area (Å²) in [5.41, 5.74) is 1.27. The second-order valence-electron chi connectivity index (χ2n) is 5.46. The molecule has 1 rings (SSSR count). The Kier molecular flexibility index (Phi) is 5.96. The molecule has 0 aliphatic carbocycles. The number of benzene rings is 1. The van der Waals surface area contributed by atoms with Crippen molar-refractivity contribution in [3.05, 3.63) is 42.0 Å². The van der Waals surface area contributed by atoms with E-state index in [2.05, 4.69) is 11.9 Å². The second-order valence-corrected chi connectivity index (χ2v) is 5.46. The Bertz CT molecular complexity index is 500. The number of ether oxygens (including phenoxy) is 2. The zero-order valence-electron chi connectivity index (χ0n) is 12.6. The molecule has 0 heterocycles. The van der Waals surface area contributed by atoms with Crippen molar-refractivity contribution in [3.8, 4) is 0 Å². The van der Waals surface area contributed by atoms with Crippen molar-refractivity contribution in [2.24, 2.45) is 0 Å². The Balaban J connectivity index is 2.30. The molecule has 5 nitrogen and oxygen atoms in total. The molecule has 0 atom stereocenters. The van der Waals surface area contributed by atoms with Crippen LogP contribution in [0.1, 0.15) is 31.9 Å². The van der Waals surface area contributed by atoms with Crippen molar-refractivity contribution in [1.82, 2.24) is 5.32 Å². The van der Waals surface area contributed by atoms with E-state index in [9.17, 15) is 9.59 Å². The molecule has 0 spiro atoms. The number of alkyl carbamates (subject to hydrolysis) is 1. The third-order valence-electron chi connectivity index (χ3n) is 2.39. The maximum absolute atomic E-state index is 11.5. The average molecular weight is 291 g/mol. The van der Waals surface area contributed by atoms with Crippen molar-refractivity contribution >= 4 is 18.1 Å². The first-order valence-electron chi connectivity index (χ1n) is 6.64. The summed E-state index contributed by atoms with van der Waals surface area (Å²) >= 11 is 0. The van der Waals surface area contributed by atoms with E-state index >= 15 is 0 Å². The largest absolute Gasteiger partial charge is 0.460 e. The molecule has 1 amide bonds. The van der Waals surface area contributed by atoms with Crippen LogP contribution in [0, 0.1) is 0 Å². The second kappa shape index (κ2) is 7.47. The molecule has 1 N–H and O–H groups in total. The van der Waals surface area contributed by atoms with Gasteiger partial charge in [0.1, 0.15) is 18.8 Å². The maximum Gasteiger partial charge on any atom is 0.408 e. The molecule has 0 saturated heterocycles. The minimum Gasteiger partial charge on any atom is -0.460 e. The van der Waals surface area contributed by atoms with Gasteiger partial charge in [-0.1, -0.05) is 36.9 Å². The van der Waals surface area contributed by atoms with Crippen LogP contribution >= 0.6 is 0 Å². The van der Waals surface area contributed by atoms with Crippen molar-refractivity contribution in [1.29, 1.82) is 0 Å². The minimum atomic E-state index is -0.644. The van der Waals surface area contributed by atoms with Crippen molar-refractivity contribution in [2.45, 2.75) is 33.0 Å². The molecule has 0 aromatic heterocycles. The van der Waals surface area contributed by atoms with E-state index < -0.39 is 17.7 Å². The fourth-order valence-corrected chi connectivity index (χ4v) is 1.42. The smallest absolute Gasteiger partial charge is 0.408 e. The lowest BCUT2D eigenvalue weighted by Crippen LogP contribution is -2.36. The van der Waals surface area contributed by atoms with Crippen LogP contribution in [0.3, 0.4) is 0 Å². The Hall–Kier alpha value is -2.30. The molecule has 0 fully saturated rings. The summed E-state index contributed by atoms with van der Waals surface area (Å²) in [5, 5.41) is 2.34. The van der Waals surface area contributed by atoms with Crippen molar-refractivity contribution < 1.29 is 19.1 Å². The van der Waals surface area contributed by atoms with E-state index in [0.29, 0.717) is 0 Å². The quantitative estimate of drug-likeness (QED) is 0.847. The van der Waals surface area contributed by atoms with Crippen molar-refractivity contribution in [2.75, 3.05) is 6.54 Å². The lowest BCUT2D eigenvalue weighted by atomic mass is 10.1. The molecule has 1 aromatic rings. The lowest BCUT2D eigenvalue weighted by Gasteiger charge is -2.19. The molecule has 5 heteroatoms. The highest BCUT2D eigenvalue weighted by Crippen LogP contribution is 2.07. The van der Waals surface area contributed by atoms with Gasteiger partial charge in [0.05, 0.1) is 0 Å². The Labute approximate surface area is 124 Å². The molecule has 0 aliphatic heterocycles. The highest BCUT2D eigenvalue weighted by Gasteiger charge is 2.16. The average Bonchev–Trinajstić information content (AvgIpc) is 2.41. The highest BCUT2D eigenvalue weighted by molar-refractivity contribution is 5.78. The highest BCUT2D eigenvalue weighted by atomic mass is 16.6. The standard InChI is InChI=1S/C16H21NO4/c1-5-12-6-8-13(9-7-12)11-20-14(18)10-17-15(19)21-16(2,3)4/h5-9H,1,10-11H2,2-4H3,(H,17,19). The van der Waals surface area contributed by atoms with Crippen LogP contribution < -0.4 is 5.32 Å². The maximum atomic E-state index is 11.5. The molecule has 0 unspecified atom stereocenters. The first kappa shape index (κ1) is 16.8. The Morgan fingerprint density at radius 3 is 2.38 bits per heavy atom. The van der Waals surface area contributed by atoms with Gasteiger partial charge in [-0.05, 0) is 31.9 Å². The number of carbonyl (C=O) groups is 2. The zero-order valence-corrected chi connectivity index (χ0v) is 12.6. The third kappa shape index (κ3) is 7.15. The van der Waals surface area contributed by atoms with Crippen LogP contribution in [-0.4, -0.2) is 24.2 Å². The summed E-state index contributed by atoms with van der Waals surface area (Å²) in [7, 11) is 0. The van der Waals surface area contributed by atoms with E-state index in [1.54, 1.807) is 26.8 Å². The van der Waals surface area contributed by atoms with E-state index in [1.807, 2.05) is 24.3 Å². The van der Waals surface area contributed by atoms with Crippen molar-refractivity contribution in [3.63, 3.8) is 0 Å². The molecular weight excluding hydrogens is 270 g/mol. The van der Waals surface area contributed by atoms with Gasteiger partial charge in [-0.15, -0.1) is 0 Å². The normalized spacial score (nSPS) is 10.6. The fourth-order valence-electron chi connectivity index (χ4n) is 1.42. The van der Waals surface area contributed by atoms with Gasteiger partial charge >= 0.3 is 12.1 Å². The van der Waals surface area contributed by atoms with Gasteiger partial charge in [0.15, 0.2) is 0 Å². The number of nitrogens with one attached hydrogen (secondary N) is 1. The molecule has 0 aliphatic rings. The first-order valence-corrected chi connectivity index (χ1v) is 6.64. The number of carbonyl (C=O) groups excluding carboxylic acids is 2. The topological polar surface area (TPSA) is 64.6 Å². The lowest BCUT2D eigenvalue weighted by molar-refractivity contribution is -0.143. The third-order valence-corrected chi connectivity index (χ3v) is 2.39. The van der Waals surface area contributed by atoms with Crippen LogP contribution in [0.4, 0.5) is 4.79 Å². The summed E-state index contributed by atoms with van der Waals surface area (Å²) in [6.45, 7) is 8.84. The van der Waals surface area contributed by atoms with Gasteiger partial charge in [0.25, 0.3) is 0 Å². The molecule has 0 saturated carbocycles. The van der Waals surface area contributed by atoms with Crippen LogP contribution in [0.25, 0.3) is 6.08 Å². The summed E-state index contributed by atoms with van der Waals surface area (Å²) in [6.07, 6.45) is 1.09. The number of amides is 1. The van der Waals surface area contributed by atoms with E-state index in [1.165, 1.54) is 0 Å². The molecule has 0 bridgehead atoms. The molecule has 21 heavy (non-hydrogen) atoms. The van der Waals surface area contributed by atoms with E-state index in [4.69, 9.17) is 9.47 Å². The monoisotopic (exact) mass is 291 g/mol. The van der Waals surface area contributed by atoms with Crippen LogP contribution in [0.2, 0.25) is 0 Å². The molecular formula is C16H21NO4. The van der Waals surface area contributed by atoms with Gasteiger partial charge in [-0.2, -0.15) is 0 Å². The Morgan fingerprint density at radius 2 is 1.86 bits per heavy atom. The summed E-state index contributed by atoms with van der Waals surface area (Å²) in [4.78, 5) is 22.9. The molecule has 1 aromatic carbocycles. The van der Waals surface area contributed by atoms with E-state index in [0.717, 1.165) is 11.1 Å². The summed E-state index contributed by atoms with van der Waals surface area (Å²) < 4.78 is 10.1. The van der Waals surface area contributed by atoms with Gasteiger partial charge in [0, 0.05) is 0 Å². The molecule has 114 valence electrons. The SMILES string of the molecule is C=Cc1ccc(COC(=O)CNC(=O)OC(C)(C)C)cc1. The first-order chi connectivity index (χ1) is 9.80. The van der Waals surface area contributed by atoms with Gasteiger partial charge in [-0.3, -0.25) is 4.79 Å². The van der Waals surface area contributed by atoms with Gasteiger partial charge in [0.2, 0.25) is 0 Å². The van der Waals surface area contributed by atoms with Crippen LogP contribution in [0.15, 0.2) is 30.8 Å². The number of hydrogen-bond acceptors (Lipinski definition) is 4. The number of hydrogen-bond donors (Lipinski definition) is 1. The van der Waals surface area contributed by atoms with Gasteiger partial charge < -0.3 is 14.8 Å². The number of rotatable bonds is 5. The predicted octanol–water partition coefficient (Wildman–Crippen LogP) is 2.90. The summed E-state index contributed by atoms with van der Waals surface area (Å²) in [6, 6.07) is 7.47. The predicted molar refractivity (Wildman–Crippen MR) is 80.6 cm³/mol. The fraction of sp³-hybridized carbons (Fsp3) is 0.375. The zero-order chi connectivity index (χ0) is 15.9. The Morgan fingerprint density at radius 1 is 1.24 bits per heavy atom.